The van der Waals surface area contributed by atoms with E-state index in [9.17, 15) is 4.79 Å². The zero-order valence-electron chi connectivity index (χ0n) is 18.6. The summed E-state index contributed by atoms with van der Waals surface area (Å²) in [4.78, 5) is 11.8. The van der Waals surface area contributed by atoms with Gasteiger partial charge < -0.3 is 0 Å². The number of rotatable bonds is 4. The average molecular weight is 435 g/mol. The predicted molar refractivity (Wildman–Crippen MR) is 143 cm³/mol. The van der Waals surface area contributed by atoms with Crippen LogP contribution in [0.2, 0.25) is 0 Å². The fourth-order valence-corrected chi connectivity index (χ4v) is 5.04. The lowest BCUT2D eigenvalue weighted by Crippen LogP contribution is -1.92. The zero-order chi connectivity index (χ0) is 22.9. The molecule has 0 saturated carbocycles. The van der Waals surface area contributed by atoms with Crippen LogP contribution in [0.4, 0.5) is 0 Å². The summed E-state index contributed by atoms with van der Waals surface area (Å²) in [5.41, 5.74) is 7.53. The van der Waals surface area contributed by atoms with E-state index >= 15 is 0 Å². The topological polar surface area (TPSA) is 17.1 Å². The van der Waals surface area contributed by atoms with Crippen molar-refractivity contribution < 1.29 is 4.79 Å². The van der Waals surface area contributed by atoms with E-state index in [4.69, 9.17) is 0 Å². The van der Waals surface area contributed by atoms with Gasteiger partial charge in [-0.25, -0.2) is 0 Å². The molecule has 1 heteroatoms. The molecule has 0 N–H and O–H groups in total. The van der Waals surface area contributed by atoms with Gasteiger partial charge in [-0.05, 0) is 61.0 Å². The highest BCUT2D eigenvalue weighted by Gasteiger charge is 2.17. The van der Waals surface area contributed by atoms with E-state index in [0.717, 1.165) is 17.4 Å². The summed E-state index contributed by atoms with van der Waals surface area (Å²) < 4.78 is 0. The molecule has 34 heavy (non-hydrogen) atoms. The van der Waals surface area contributed by atoms with Crippen molar-refractivity contribution in [1.29, 1.82) is 0 Å². The third kappa shape index (κ3) is 3.30. The first kappa shape index (κ1) is 20.1. The second-order valence-electron chi connectivity index (χ2n) is 8.49. The Labute approximate surface area is 198 Å². The standard InChI is InChI=1S/C33H22O/c34-22-26-15-7-8-16-27(26)25-19-20-30-31(21-25)33(24-13-5-2-6-14-24)29-18-10-9-17-28(29)32(30)23-11-3-1-4-12-23/h1-22H. The summed E-state index contributed by atoms with van der Waals surface area (Å²) in [7, 11) is 0. The van der Waals surface area contributed by atoms with Crippen LogP contribution in [0.1, 0.15) is 10.4 Å². The van der Waals surface area contributed by atoms with Crippen LogP contribution in [0, 0.1) is 0 Å². The number of carbonyl (C=O) groups excluding carboxylic acids is 1. The lowest BCUT2D eigenvalue weighted by Gasteiger charge is -2.19. The Balaban J connectivity index is 1.79. The first-order valence-corrected chi connectivity index (χ1v) is 11.5. The summed E-state index contributed by atoms with van der Waals surface area (Å²) in [5.74, 6) is 0. The second kappa shape index (κ2) is 8.46. The first-order chi connectivity index (χ1) is 16.8. The monoisotopic (exact) mass is 434 g/mol. The molecular weight excluding hydrogens is 412 g/mol. The lowest BCUT2D eigenvalue weighted by molar-refractivity contribution is 0.112. The molecule has 0 amide bonds. The maximum Gasteiger partial charge on any atom is 0.150 e. The number of benzene rings is 6. The highest BCUT2D eigenvalue weighted by atomic mass is 16.1. The molecule has 0 aliphatic carbocycles. The number of hydrogen-bond acceptors (Lipinski definition) is 1. The molecule has 0 unspecified atom stereocenters. The van der Waals surface area contributed by atoms with Gasteiger partial charge in [-0.3, -0.25) is 4.79 Å². The minimum Gasteiger partial charge on any atom is -0.298 e. The first-order valence-electron chi connectivity index (χ1n) is 11.5. The summed E-state index contributed by atoms with van der Waals surface area (Å²) in [6.45, 7) is 0. The highest BCUT2D eigenvalue weighted by molar-refractivity contribution is 6.22. The Hall–Kier alpha value is -4.49. The molecular formula is C33H22O. The lowest BCUT2D eigenvalue weighted by atomic mass is 9.84. The average Bonchev–Trinajstić information content (AvgIpc) is 2.92. The molecule has 0 aliphatic rings. The zero-order valence-corrected chi connectivity index (χ0v) is 18.6. The molecule has 0 aromatic heterocycles. The number of fused-ring (bicyclic) bond motifs is 2. The molecule has 6 aromatic carbocycles. The fraction of sp³-hybridized carbons (Fsp3) is 0. The van der Waals surface area contributed by atoms with Crippen molar-refractivity contribution in [2.75, 3.05) is 0 Å². The minimum atomic E-state index is 0.701. The molecule has 0 saturated heterocycles. The second-order valence-corrected chi connectivity index (χ2v) is 8.49. The van der Waals surface area contributed by atoms with Crippen molar-refractivity contribution in [3.63, 3.8) is 0 Å². The summed E-state index contributed by atoms with van der Waals surface area (Å²) in [6.07, 6.45) is 0.938. The van der Waals surface area contributed by atoms with E-state index in [1.807, 2.05) is 24.3 Å². The smallest absolute Gasteiger partial charge is 0.150 e. The molecule has 0 bridgehead atoms. The predicted octanol–water partition coefficient (Wildman–Crippen LogP) is 8.81. The largest absolute Gasteiger partial charge is 0.298 e. The summed E-state index contributed by atoms with van der Waals surface area (Å²) in [5, 5.41) is 4.85. The Kier molecular flexibility index (Phi) is 5.01. The van der Waals surface area contributed by atoms with Crippen molar-refractivity contribution in [3.05, 3.63) is 133 Å². The number of hydrogen-bond donors (Lipinski definition) is 0. The molecule has 0 heterocycles. The van der Waals surface area contributed by atoms with Gasteiger partial charge in [0.15, 0.2) is 6.29 Å². The van der Waals surface area contributed by atoms with Crippen LogP contribution in [-0.4, -0.2) is 6.29 Å². The molecule has 6 aromatic rings. The molecule has 0 spiro atoms. The van der Waals surface area contributed by atoms with Gasteiger partial charge >= 0.3 is 0 Å². The van der Waals surface area contributed by atoms with E-state index in [-0.39, 0.29) is 0 Å². The van der Waals surface area contributed by atoms with Crippen LogP contribution in [-0.2, 0) is 0 Å². The fourth-order valence-electron chi connectivity index (χ4n) is 5.04. The van der Waals surface area contributed by atoms with Crippen LogP contribution >= 0.6 is 0 Å². The van der Waals surface area contributed by atoms with Gasteiger partial charge in [0, 0.05) is 5.56 Å². The van der Waals surface area contributed by atoms with Crippen molar-refractivity contribution >= 4 is 27.8 Å². The van der Waals surface area contributed by atoms with Gasteiger partial charge in [0.05, 0.1) is 0 Å². The third-order valence-corrected chi connectivity index (χ3v) is 6.55. The van der Waals surface area contributed by atoms with Gasteiger partial charge in [-0.15, -0.1) is 0 Å². The van der Waals surface area contributed by atoms with Crippen LogP contribution < -0.4 is 0 Å². The Bertz CT molecular complexity index is 1650. The quantitative estimate of drug-likeness (QED) is 0.200. The van der Waals surface area contributed by atoms with E-state index in [0.29, 0.717) is 5.56 Å². The van der Waals surface area contributed by atoms with Gasteiger partial charge in [0.1, 0.15) is 0 Å². The molecule has 0 atom stereocenters. The Morgan fingerprint density at radius 2 is 0.912 bits per heavy atom. The van der Waals surface area contributed by atoms with Gasteiger partial charge in [-0.1, -0.05) is 121 Å². The summed E-state index contributed by atoms with van der Waals surface area (Å²) in [6, 6.07) is 44.2. The van der Waals surface area contributed by atoms with E-state index in [1.54, 1.807) is 0 Å². The van der Waals surface area contributed by atoms with Crippen molar-refractivity contribution in [2.45, 2.75) is 0 Å². The maximum atomic E-state index is 11.8. The third-order valence-electron chi connectivity index (χ3n) is 6.55. The van der Waals surface area contributed by atoms with Crippen molar-refractivity contribution in [2.24, 2.45) is 0 Å². The molecule has 1 nitrogen and oxygen atoms in total. The number of aldehydes is 1. The summed E-state index contributed by atoms with van der Waals surface area (Å²) >= 11 is 0. The Morgan fingerprint density at radius 3 is 1.53 bits per heavy atom. The van der Waals surface area contributed by atoms with Crippen LogP contribution in [0.15, 0.2) is 127 Å². The molecule has 160 valence electrons. The SMILES string of the molecule is O=Cc1ccccc1-c1ccc2c(-c3ccccc3)c3ccccc3c(-c3ccccc3)c2c1. The molecule has 0 radical (unpaired) electrons. The van der Waals surface area contributed by atoms with Gasteiger partial charge in [0.25, 0.3) is 0 Å². The molecule has 0 fully saturated rings. The Morgan fingerprint density at radius 1 is 0.412 bits per heavy atom. The van der Waals surface area contributed by atoms with E-state index < -0.39 is 0 Å². The van der Waals surface area contributed by atoms with Gasteiger partial charge in [-0.2, -0.15) is 0 Å². The normalized spacial score (nSPS) is 11.1. The highest BCUT2D eigenvalue weighted by Crippen LogP contribution is 2.44. The van der Waals surface area contributed by atoms with Crippen LogP contribution in [0.25, 0.3) is 54.9 Å². The van der Waals surface area contributed by atoms with Gasteiger partial charge in [0.2, 0.25) is 0 Å². The molecule has 0 aliphatic heterocycles. The minimum absolute atomic E-state index is 0.701. The van der Waals surface area contributed by atoms with Crippen LogP contribution in [0.5, 0.6) is 0 Å². The van der Waals surface area contributed by atoms with E-state index in [2.05, 4.69) is 103 Å². The van der Waals surface area contributed by atoms with Crippen LogP contribution in [0.3, 0.4) is 0 Å². The molecule has 6 rings (SSSR count). The number of carbonyl (C=O) groups is 1. The van der Waals surface area contributed by atoms with Crippen molar-refractivity contribution in [1.82, 2.24) is 0 Å². The maximum absolute atomic E-state index is 11.8. The van der Waals surface area contributed by atoms with Crippen molar-refractivity contribution in [3.8, 4) is 33.4 Å². The van der Waals surface area contributed by atoms with E-state index in [1.165, 1.54) is 43.8 Å².